The number of anilines is 3. The van der Waals surface area contributed by atoms with Crippen molar-refractivity contribution in [2.24, 2.45) is 0 Å². The third-order valence-electron chi connectivity index (χ3n) is 11.8. The van der Waals surface area contributed by atoms with Crippen LogP contribution in [0.15, 0.2) is 249 Å². The average molecular weight is 792 g/mol. The van der Waals surface area contributed by atoms with Gasteiger partial charge >= 0.3 is 0 Å². The molecule has 0 saturated carbocycles. The fraction of sp³-hybridized carbons (Fsp3) is 0. The first-order chi connectivity index (χ1) is 30.8. The molecule has 0 radical (unpaired) electrons. The maximum absolute atomic E-state index is 5.51. The van der Waals surface area contributed by atoms with Crippen molar-refractivity contribution in [1.29, 1.82) is 0 Å². The zero-order valence-corrected chi connectivity index (χ0v) is 34.0. The number of pyridine rings is 1. The number of aromatic nitrogens is 2. The van der Waals surface area contributed by atoms with Gasteiger partial charge in [-0.25, -0.2) is 4.52 Å². The Morgan fingerprint density at radius 3 is 1.45 bits per heavy atom. The highest BCUT2D eigenvalue weighted by molar-refractivity contribution is 6.13. The highest BCUT2D eigenvalue weighted by Crippen LogP contribution is 2.48. The predicted molar refractivity (Wildman–Crippen MR) is 260 cm³/mol. The molecule has 0 bridgehead atoms. The summed E-state index contributed by atoms with van der Waals surface area (Å²) in [5.74, 6) is 0. The van der Waals surface area contributed by atoms with Crippen LogP contribution in [0, 0.1) is 0 Å². The molecule has 0 aliphatic heterocycles. The number of benzene rings is 9. The van der Waals surface area contributed by atoms with Crippen LogP contribution in [0.5, 0.6) is 0 Å². The van der Waals surface area contributed by atoms with Gasteiger partial charge in [-0.1, -0.05) is 218 Å². The maximum atomic E-state index is 5.51. The number of fused-ring (bicyclic) bond motifs is 3. The lowest BCUT2D eigenvalue weighted by molar-refractivity contribution is 0.979. The molecule has 0 spiro atoms. The molecular weight excluding hydrogens is 751 g/mol. The van der Waals surface area contributed by atoms with Crippen LogP contribution in [0.1, 0.15) is 0 Å². The SMILES string of the molecule is c1ccc(-c2ccc(N(c3ccccc3-c3ccccc3-c3ccccc3)c3cccc4c3cc(-c3ccccc3)n3nc(-c5ccccc5)c(-c5ccccc5)c43)cc2)cc1. The van der Waals surface area contributed by atoms with E-state index in [4.69, 9.17) is 5.10 Å². The van der Waals surface area contributed by atoms with Gasteiger partial charge in [0.05, 0.1) is 22.6 Å². The molecule has 0 unspecified atom stereocenters. The average Bonchev–Trinajstić information content (AvgIpc) is 3.77. The third kappa shape index (κ3) is 6.63. The number of para-hydroxylation sites is 1. The van der Waals surface area contributed by atoms with Crippen LogP contribution in [0.25, 0.3) is 83.3 Å². The normalized spacial score (nSPS) is 11.2. The van der Waals surface area contributed by atoms with Gasteiger partial charge in [0, 0.05) is 38.7 Å². The Hall–Kier alpha value is -8.27. The zero-order valence-electron chi connectivity index (χ0n) is 34.0. The van der Waals surface area contributed by atoms with Crippen molar-refractivity contribution in [2.45, 2.75) is 0 Å². The third-order valence-corrected chi connectivity index (χ3v) is 11.8. The van der Waals surface area contributed by atoms with Crippen LogP contribution in [-0.2, 0) is 0 Å². The zero-order chi connectivity index (χ0) is 41.2. The van der Waals surface area contributed by atoms with Gasteiger partial charge < -0.3 is 4.90 Å². The second kappa shape index (κ2) is 16.1. The van der Waals surface area contributed by atoms with Gasteiger partial charge in [-0.2, -0.15) is 5.10 Å². The molecule has 0 amide bonds. The highest BCUT2D eigenvalue weighted by Gasteiger charge is 2.25. The second-order valence-electron chi connectivity index (χ2n) is 15.5. The van der Waals surface area contributed by atoms with Gasteiger partial charge in [0.2, 0.25) is 0 Å². The van der Waals surface area contributed by atoms with E-state index < -0.39 is 0 Å². The van der Waals surface area contributed by atoms with Crippen molar-refractivity contribution in [3.8, 4) is 67.0 Å². The van der Waals surface area contributed by atoms with Gasteiger partial charge in [-0.3, -0.25) is 0 Å². The Balaban J connectivity index is 1.23. The minimum Gasteiger partial charge on any atom is -0.309 e. The van der Waals surface area contributed by atoms with E-state index in [1.165, 1.54) is 27.8 Å². The molecule has 0 aliphatic rings. The van der Waals surface area contributed by atoms with Gasteiger partial charge in [-0.15, -0.1) is 0 Å². The summed E-state index contributed by atoms with van der Waals surface area (Å²) >= 11 is 0. The molecule has 3 heteroatoms. The van der Waals surface area contributed by atoms with Gasteiger partial charge in [0.25, 0.3) is 0 Å². The van der Waals surface area contributed by atoms with Crippen LogP contribution in [0.4, 0.5) is 17.1 Å². The van der Waals surface area contributed by atoms with Crippen molar-refractivity contribution >= 4 is 33.4 Å². The van der Waals surface area contributed by atoms with Crippen LogP contribution in [0.2, 0.25) is 0 Å². The summed E-state index contributed by atoms with van der Waals surface area (Å²) in [6.45, 7) is 0. The topological polar surface area (TPSA) is 20.5 Å². The van der Waals surface area contributed by atoms with Crippen molar-refractivity contribution in [2.75, 3.05) is 4.90 Å². The van der Waals surface area contributed by atoms with Crippen LogP contribution in [-0.4, -0.2) is 9.61 Å². The molecule has 62 heavy (non-hydrogen) atoms. The number of rotatable bonds is 9. The van der Waals surface area contributed by atoms with E-state index in [0.717, 1.165) is 72.6 Å². The molecule has 2 heterocycles. The fourth-order valence-electron chi connectivity index (χ4n) is 8.96. The molecule has 3 nitrogen and oxygen atoms in total. The molecule has 0 aliphatic carbocycles. The van der Waals surface area contributed by atoms with Crippen molar-refractivity contribution in [3.63, 3.8) is 0 Å². The van der Waals surface area contributed by atoms with Crippen LogP contribution in [0.3, 0.4) is 0 Å². The van der Waals surface area contributed by atoms with E-state index in [1.807, 2.05) is 0 Å². The largest absolute Gasteiger partial charge is 0.309 e. The van der Waals surface area contributed by atoms with Crippen LogP contribution < -0.4 is 4.90 Å². The first-order valence-corrected chi connectivity index (χ1v) is 21.1. The van der Waals surface area contributed by atoms with E-state index in [1.54, 1.807) is 0 Å². The van der Waals surface area contributed by atoms with Gasteiger partial charge in [0.15, 0.2) is 0 Å². The van der Waals surface area contributed by atoms with Crippen molar-refractivity contribution in [1.82, 2.24) is 9.61 Å². The number of hydrogen-bond donors (Lipinski definition) is 0. The van der Waals surface area contributed by atoms with Crippen molar-refractivity contribution < 1.29 is 0 Å². The Morgan fingerprint density at radius 2 is 0.806 bits per heavy atom. The predicted octanol–water partition coefficient (Wildman–Crippen LogP) is 16.0. The lowest BCUT2D eigenvalue weighted by Gasteiger charge is -2.30. The summed E-state index contributed by atoms with van der Waals surface area (Å²) in [4.78, 5) is 2.45. The number of hydrogen-bond acceptors (Lipinski definition) is 2. The van der Waals surface area contributed by atoms with E-state index in [0.29, 0.717) is 0 Å². The molecule has 0 N–H and O–H groups in total. The summed E-state index contributed by atoms with van der Waals surface area (Å²) in [5.41, 5.74) is 17.7. The fourth-order valence-corrected chi connectivity index (χ4v) is 8.96. The first kappa shape index (κ1) is 36.8. The van der Waals surface area contributed by atoms with E-state index >= 15 is 0 Å². The molecule has 2 aromatic heterocycles. The Labute approximate surface area is 362 Å². The smallest absolute Gasteiger partial charge is 0.101 e. The van der Waals surface area contributed by atoms with Gasteiger partial charge in [0.1, 0.15) is 5.69 Å². The molecule has 0 atom stereocenters. The molecule has 0 fully saturated rings. The molecule has 0 saturated heterocycles. The Morgan fingerprint density at radius 1 is 0.323 bits per heavy atom. The monoisotopic (exact) mass is 791 g/mol. The van der Waals surface area contributed by atoms with Crippen LogP contribution >= 0.6 is 0 Å². The lowest BCUT2D eigenvalue weighted by Crippen LogP contribution is -2.12. The second-order valence-corrected chi connectivity index (χ2v) is 15.5. The van der Waals surface area contributed by atoms with E-state index in [2.05, 4.69) is 258 Å². The summed E-state index contributed by atoms with van der Waals surface area (Å²) < 4.78 is 2.18. The molecular formula is C59H41N3. The standard InChI is InChI=1S/C59H41N3/c1-6-21-42(22-7-1)43-37-39-48(40-38-43)61(54-35-19-18-33-51(54)50-32-17-16-31-49(50)44-23-8-2-9-24-44)55-36-20-34-52-53(55)41-56(45-25-10-3-11-26-45)62-59(52)57(46-27-12-4-13-28-46)58(60-62)47-29-14-5-15-30-47/h1-41H. The molecule has 11 aromatic rings. The quantitative estimate of drug-likeness (QED) is 0.145. The molecule has 292 valence electrons. The summed E-state index contributed by atoms with van der Waals surface area (Å²) in [6, 6.07) is 89.0. The van der Waals surface area contributed by atoms with E-state index in [9.17, 15) is 0 Å². The Bertz CT molecular complexity index is 3310. The summed E-state index contributed by atoms with van der Waals surface area (Å²) in [7, 11) is 0. The highest BCUT2D eigenvalue weighted by atomic mass is 15.2. The Kier molecular flexibility index (Phi) is 9.53. The van der Waals surface area contributed by atoms with E-state index in [-0.39, 0.29) is 0 Å². The maximum Gasteiger partial charge on any atom is 0.101 e. The summed E-state index contributed by atoms with van der Waals surface area (Å²) in [5, 5.41) is 7.74. The molecule has 9 aromatic carbocycles. The number of nitrogens with zero attached hydrogens (tertiary/aromatic N) is 3. The first-order valence-electron chi connectivity index (χ1n) is 21.1. The molecule has 11 rings (SSSR count). The summed E-state index contributed by atoms with van der Waals surface area (Å²) in [6.07, 6.45) is 0. The minimum absolute atomic E-state index is 0.947. The van der Waals surface area contributed by atoms with Gasteiger partial charge in [-0.05, 0) is 63.7 Å². The van der Waals surface area contributed by atoms with Crippen molar-refractivity contribution in [3.05, 3.63) is 249 Å². The lowest BCUT2D eigenvalue weighted by atomic mass is 9.92. The minimum atomic E-state index is 0.947.